The van der Waals surface area contributed by atoms with E-state index in [-0.39, 0.29) is 11.7 Å². The van der Waals surface area contributed by atoms with E-state index in [0.717, 1.165) is 22.1 Å². The van der Waals surface area contributed by atoms with Gasteiger partial charge in [-0.25, -0.2) is 4.99 Å². The van der Waals surface area contributed by atoms with Gasteiger partial charge >= 0.3 is 0 Å². The van der Waals surface area contributed by atoms with Crippen molar-refractivity contribution in [1.29, 1.82) is 0 Å². The minimum Gasteiger partial charge on any atom is -0.360 e. The zero-order chi connectivity index (χ0) is 16.5. The Morgan fingerprint density at radius 2 is 2.12 bits per heavy atom. The number of carbonyl (C=O) groups excluding carboxylic acids is 1. The fourth-order valence-corrected chi connectivity index (χ4v) is 3.26. The number of amides is 1. The lowest BCUT2D eigenvalue weighted by atomic mass is 10.1. The van der Waals surface area contributed by atoms with E-state index in [1.165, 1.54) is 11.8 Å². The number of anilines is 2. The second kappa shape index (κ2) is 6.01. The number of aryl methyl sites for hydroxylation is 1. The molecule has 2 aromatic carbocycles. The molecule has 0 fully saturated rings. The van der Waals surface area contributed by atoms with E-state index in [2.05, 4.69) is 32.9 Å². The fourth-order valence-electron chi connectivity index (χ4n) is 2.58. The number of amidine groups is 1. The summed E-state index contributed by atoms with van der Waals surface area (Å²) in [6, 6.07) is 13.8. The number of benzene rings is 2. The highest BCUT2D eigenvalue weighted by Gasteiger charge is 2.16. The van der Waals surface area contributed by atoms with Crippen molar-refractivity contribution < 1.29 is 9.32 Å². The van der Waals surface area contributed by atoms with Gasteiger partial charge in [-0.1, -0.05) is 41.2 Å². The van der Waals surface area contributed by atoms with E-state index in [1.54, 1.807) is 13.0 Å². The summed E-state index contributed by atoms with van der Waals surface area (Å²) < 4.78 is 4.92. The Hall–Kier alpha value is -2.80. The quantitative estimate of drug-likeness (QED) is 0.756. The maximum Gasteiger partial charge on any atom is 0.236 e. The molecule has 1 aromatic heterocycles. The van der Waals surface area contributed by atoms with Crippen LogP contribution < -0.4 is 10.6 Å². The van der Waals surface area contributed by atoms with E-state index >= 15 is 0 Å². The predicted molar refractivity (Wildman–Crippen MR) is 97.0 cm³/mol. The molecule has 7 heteroatoms. The summed E-state index contributed by atoms with van der Waals surface area (Å²) >= 11 is 1.35. The summed E-state index contributed by atoms with van der Waals surface area (Å²) in [4.78, 5) is 16.6. The molecule has 2 N–H and O–H groups in total. The third kappa shape index (κ3) is 2.85. The van der Waals surface area contributed by atoms with Gasteiger partial charge in [-0.2, -0.15) is 0 Å². The summed E-state index contributed by atoms with van der Waals surface area (Å²) in [6.07, 6.45) is 0. The van der Waals surface area contributed by atoms with Gasteiger partial charge in [0.2, 0.25) is 5.91 Å². The van der Waals surface area contributed by atoms with Crippen LogP contribution in [-0.4, -0.2) is 22.0 Å². The molecule has 0 saturated heterocycles. The second-order valence-corrected chi connectivity index (χ2v) is 6.35. The average molecular weight is 338 g/mol. The van der Waals surface area contributed by atoms with Gasteiger partial charge < -0.3 is 15.2 Å². The fraction of sp³-hybridized carbons (Fsp3) is 0.118. The number of hydrogen-bond acceptors (Lipinski definition) is 6. The van der Waals surface area contributed by atoms with Crippen molar-refractivity contribution in [2.75, 3.05) is 16.4 Å². The van der Waals surface area contributed by atoms with Crippen LogP contribution in [0.1, 0.15) is 5.76 Å². The number of hydrogen-bond donors (Lipinski definition) is 2. The van der Waals surface area contributed by atoms with Crippen molar-refractivity contribution in [1.82, 2.24) is 5.16 Å². The number of carbonyl (C=O) groups is 1. The van der Waals surface area contributed by atoms with Gasteiger partial charge in [0.25, 0.3) is 0 Å². The van der Waals surface area contributed by atoms with Crippen LogP contribution in [0.2, 0.25) is 0 Å². The molecule has 0 aliphatic carbocycles. The molecule has 1 aliphatic rings. The summed E-state index contributed by atoms with van der Waals surface area (Å²) in [7, 11) is 0. The zero-order valence-electron chi connectivity index (χ0n) is 12.9. The number of thioether (sulfide) groups is 1. The lowest BCUT2D eigenvalue weighted by Crippen LogP contribution is -2.18. The van der Waals surface area contributed by atoms with E-state index < -0.39 is 0 Å². The summed E-state index contributed by atoms with van der Waals surface area (Å²) in [5.74, 6) is 1.15. The largest absolute Gasteiger partial charge is 0.360 e. The van der Waals surface area contributed by atoms with E-state index in [4.69, 9.17) is 4.52 Å². The van der Waals surface area contributed by atoms with Gasteiger partial charge in [0.15, 0.2) is 11.0 Å². The van der Waals surface area contributed by atoms with Crippen LogP contribution in [-0.2, 0) is 4.79 Å². The van der Waals surface area contributed by atoms with Gasteiger partial charge in [-0.05, 0) is 24.4 Å². The molecule has 0 unspecified atom stereocenters. The molecule has 24 heavy (non-hydrogen) atoms. The maximum absolute atomic E-state index is 12.0. The predicted octanol–water partition coefficient (Wildman–Crippen LogP) is 3.92. The Labute approximate surface area is 142 Å². The molecule has 120 valence electrons. The minimum atomic E-state index is -0.158. The van der Waals surface area contributed by atoms with Crippen molar-refractivity contribution in [3.05, 3.63) is 48.2 Å². The average Bonchev–Trinajstić information content (AvgIpc) is 2.98. The van der Waals surface area contributed by atoms with E-state index in [0.29, 0.717) is 16.7 Å². The first-order valence-electron chi connectivity index (χ1n) is 7.42. The van der Waals surface area contributed by atoms with Crippen molar-refractivity contribution in [3.63, 3.8) is 0 Å². The number of nitrogens with one attached hydrogen (secondary N) is 2. The lowest BCUT2D eigenvalue weighted by Gasteiger charge is -2.18. The van der Waals surface area contributed by atoms with Crippen LogP contribution in [0, 0.1) is 6.92 Å². The first-order chi connectivity index (χ1) is 11.7. The van der Waals surface area contributed by atoms with Crippen LogP contribution in [0.15, 0.2) is 52.0 Å². The maximum atomic E-state index is 12.0. The van der Waals surface area contributed by atoms with Crippen molar-refractivity contribution >= 4 is 50.8 Å². The molecule has 1 aliphatic heterocycles. The Morgan fingerprint density at radius 1 is 1.29 bits per heavy atom. The summed E-state index contributed by atoms with van der Waals surface area (Å²) in [5, 5.41) is 12.7. The van der Waals surface area contributed by atoms with E-state index in [1.807, 2.05) is 24.3 Å². The Morgan fingerprint density at radius 3 is 2.92 bits per heavy atom. The number of rotatable bonds is 3. The normalized spacial score (nSPS) is 12.6. The Balaban J connectivity index is 1.47. The molecule has 0 atom stereocenters. The monoisotopic (exact) mass is 338 g/mol. The Kier molecular flexibility index (Phi) is 3.70. The molecule has 0 radical (unpaired) electrons. The highest BCUT2D eigenvalue weighted by molar-refractivity contribution is 8.14. The molecule has 0 bridgehead atoms. The van der Waals surface area contributed by atoms with Crippen molar-refractivity contribution in [2.45, 2.75) is 6.92 Å². The van der Waals surface area contributed by atoms with E-state index in [9.17, 15) is 4.79 Å². The van der Waals surface area contributed by atoms with Crippen molar-refractivity contribution in [3.8, 4) is 0 Å². The second-order valence-electron chi connectivity index (χ2n) is 5.38. The van der Waals surface area contributed by atoms with Crippen LogP contribution in [0.4, 0.5) is 17.2 Å². The SMILES string of the molecule is Cc1cc(NC(=O)CSC2=Nc3cccc4cccc(c34)N2)no1. The molecule has 6 nitrogen and oxygen atoms in total. The van der Waals surface area contributed by atoms with Gasteiger partial charge in [0.05, 0.1) is 17.1 Å². The first kappa shape index (κ1) is 14.8. The molecule has 3 aromatic rings. The standard InChI is InChI=1S/C17H14N4O2S/c1-10-8-14(21-23-10)20-15(22)9-24-17-18-12-6-2-4-11-5-3-7-13(19-17)16(11)12/h2-8H,9H2,1H3,(H,18,19)(H,20,21,22). The number of aliphatic imine (C=N–C) groups is 1. The van der Waals surface area contributed by atoms with Crippen LogP contribution in [0.3, 0.4) is 0 Å². The van der Waals surface area contributed by atoms with Gasteiger partial charge in [0, 0.05) is 11.5 Å². The molecular formula is C17H14N4O2S. The highest BCUT2D eigenvalue weighted by Crippen LogP contribution is 2.36. The molecule has 4 rings (SSSR count). The van der Waals surface area contributed by atoms with Gasteiger partial charge in [-0.15, -0.1) is 0 Å². The zero-order valence-corrected chi connectivity index (χ0v) is 13.7. The topological polar surface area (TPSA) is 79.5 Å². The molecular weight excluding hydrogens is 324 g/mol. The first-order valence-corrected chi connectivity index (χ1v) is 8.41. The molecule has 0 spiro atoms. The van der Waals surface area contributed by atoms with Gasteiger partial charge in [0.1, 0.15) is 5.76 Å². The molecule has 2 heterocycles. The Bertz CT molecular complexity index is 959. The van der Waals surface area contributed by atoms with Crippen molar-refractivity contribution in [2.24, 2.45) is 4.99 Å². The third-order valence-electron chi connectivity index (χ3n) is 3.58. The number of aromatic nitrogens is 1. The third-order valence-corrected chi connectivity index (χ3v) is 4.46. The summed E-state index contributed by atoms with van der Waals surface area (Å²) in [5.41, 5.74) is 1.92. The van der Waals surface area contributed by atoms with Crippen LogP contribution >= 0.6 is 11.8 Å². The minimum absolute atomic E-state index is 0.158. The molecule has 1 amide bonds. The van der Waals surface area contributed by atoms with Crippen LogP contribution in [0.5, 0.6) is 0 Å². The molecule has 0 saturated carbocycles. The lowest BCUT2D eigenvalue weighted by molar-refractivity contribution is -0.113. The number of nitrogens with zero attached hydrogens (tertiary/aromatic N) is 2. The highest BCUT2D eigenvalue weighted by atomic mass is 32.2. The summed E-state index contributed by atoms with van der Waals surface area (Å²) in [6.45, 7) is 1.77. The smallest absolute Gasteiger partial charge is 0.236 e. The van der Waals surface area contributed by atoms with Gasteiger partial charge in [-0.3, -0.25) is 4.79 Å². The van der Waals surface area contributed by atoms with Crippen LogP contribution in [0.25, 0.3) is 10.8 Å².